The van der Waals surface area contributed by atoms with Crippen LogP contribution < -0.4 is 5.32 Å². The number of carbonyl (C=O) groups is 1. The number of rotatable bonds is 2. The highest BCUT2D eigenvalue weighted by Gasteiger charge is 2.21. The van der Waals surface area contributed by atoms with E-state index in [4.69, 9.17) is 0 Å². The summed E-state index contributed by atoms with van der Waals surface area (Å²) in [5.74, 6) is 0.709. The molecular formula is C14H16N2OS2. The summed E-state index contributed by atoms with van der Waals surface area (Å²) in [6, 6.07) is 2.06. The molecule has 0 radical (unpaired) electrons. The number of anilines is 1. The van der Waals surface area contributed by atoms with Gasteiger partial charge in [-0.1, -0.05) is 6.92 Å². The van der Waals surface area contributed by atoms with Crippen LogP contribution in [0.25, 0.3) is 0 Å². The maximum absolute atomic E-state index is 12.2. The van der Waals surface area contributed by atoms with E-state index in [0.717, 1.165) is 28.5 Å². The Kier molecular flexibility index (Phi) is 3.41. The summed E-state index contributed by atoms with van der Waals surface area (Å²) in [6.07, 6.45) is 5.24. The summed E-state index contributed by atoms with van der Waals surface area (Å²) in [4.78, 5) is 19.7. The van der Waals surface area contributed by atoms with Crippen LogP contribution in [0.3, 0.4) is 0 Å². The SMILES string of the molecule is Cc1cnc(NC(=O)c2cc3c(s2)CCC(C)C3)s1. The van der Waals surface area contributed by atoms with Gasteiger partial charge in [0, 0.05) is 16.0 Å². The number of thiophene rings is 1. The molecule has 1 amide bonds. The maximum Gasteiger partial charge on any atom is 0.267 e. The zero-order chi connectivity index (χ0) is 13.4. The van der Waals surface area contributed by atoms with Crippen LogP contribution in [0.15, 0.2) is 12.3 Å². The zero-order valence-electron chi connectivity index (χ0n) is 11.0. The predicted molar refractivity (Wildman–Crippen MR) is 80.3 cm³/mol. The average Bonchev–Trinajstić information content (AvgIpc) is 2.95. The number of carbonyl (C=O) groups excluding carboxylic acids is 1. The van der Waals surface area contributed by atoms with Gasteiger partial charge in [-0.2, -0.15) is 0 Å². The number of nitrogens with zero attached hydrogens (tertiary/aromatic N) is 1. The second-order valence-corrected chi connectivity index (χ2v) is 7.51. The highest BCUT2D eigenvalue weighted by Crippen LogP contribution is 2.32. The molecule has 0 bridgehead atoms. The standard InChI is InChI=1S/C14H16N2OS2/c1-8-3-4-11-10(5-8)6-12(19-11)13(17)16-14-15-7-9(2)18-14/h6-8H,3-5H2,1-2H3,(H,15,16,17). The van der Waals surface area contributed by atoms with Gasteiger partial charge in [-0.15, -0.1) is 22.7 Å². The number of hydrogen-bond acceptors (Lipinski definition) is 4. The fourth-order valence-corrected chi connectivity index (χ4v) is 4.15. The van der Waals surface area contributed by atoms with Crippen molar-refractivity contribution < 1.29 is 4.79 Å². The van der Waals surface area contributed by atoms with Gasteiger partial charge in [-0.3, -0.25) is 10.1 Å². The first-order chi connectivity index (χ1) is 9.11. The molecule has 1 atom stereocenters. The molecule has 100 valence electrons. The topological polar surface area (TPSA) is 42.0 Å². The third-order valence-corrected chi connectivity index (χ3v) is 5.46. The number of aryl methyl sites for hydroxylation is 2. The van der Waals surface area contributed by atoms with E-state index in [0.29, 0.717) is 5.13 Å². The number of aromatic nitrogens is 1. The van der Waals surface area contributed by atoms with E-state index in [1.165, 1.54) is 28.2 Å². The highest BCUT2D eigenvalue weighted by atomic mass is 32.1. The van der Waals surface area contributed by atoms with Crippen LogP contribution in [0, 0.1) is 12.8 Å². The lowest BCUT2D eigenvalue weighted by molar-refractivity contribution is 0.103. The van der Waals surface area contributed by atoms with Crippen LogP contribution in [0.5, 0.6) is 0 Å². The molecule has 0 spiro atoms. The minimum Gasteiger partial charge on any atom is -0.297 e. The van der Waals surface area contributed by atoms with E-state index < -0.39 is 0 Å². The van der Waals surface area contributed by atoms with Crippen molar-refractivity contribution >= 4 is 33.7 Å². The van der Waals surface area contributed by atoms with Gasteiger partial charge >= 0.3 is 0 Å². The first-order valence-corrected chi connectivity index (χ1v) is 8.10. The normalized spacial score (nSPS) is 18.1. The lowest BCUT2D eigenvalue weighted by Crippen LogP contribution is -2.09. The molecule has 2 aromatic rings. The van der Waals surface area contributed by atoms with Crippen molar-refractivity contribution in [1.29, 1.82) is 0 Å². The minimum absolute atomic E-state index is 0.0265. The summed E-state index contributed by atoms with van der Waals surface area (Å²) in [5, 5.41) is 3.56. The molecule has 1 N–H and O–H groups in total. The first kappa shape index (κ1) is 12.8. The third kappa shape index (κ3) is 2.72. The van der Waals surface area contributed by atoms with Crippen LogP contribution in [0.1, 0.15) is 38.3 Å². The molecule has 1 aliphatic carbocycles. The molecule has 0 fully saturated rings. The summed E-state index contributed by atoms with van der Waals surface area (Å²) >= 11 is 3.14. The van der Waals surface area contributed by atoms with E-state index in [1.807, 2.05) is 6.92 Å². The molecule has 5 heteroatoms. The Balaban J connectivity index is 1.77. The Morgan fingerprint density at radius 1 is 1.47 bits per heavy atom. The van der Waals surface area contributed by atoms with Crippen LogP contribution in [0.2, 0.25) is 0 Å². The summed E-state index contributed by atoms with van der Waals surface area (Å²) in [5.41, 5.74) is 1.37. The maximum atomic E-state index is 12.2. The van der Waals surface area contributed by atoms with E-state index in [2.05, 4.69) is 23.3 Å². The monoisotopic (exact) mass is 292 g/mol. The lowest BCUT2D eigenvalue weighted by Gasteiger charge is -2.16. The van der Waals surface area contributed by atoms with Crippen LogP contribution in [-0.2, 0) is 12.8 Å². The number of nitrogens with one attached hydrogen (secondary N) is 1. The molecule has 2 heterocycles. The van der Waals surface area contributed by atoms with Crippen molar-refractivity contribution in [3.8, 4) is 0 Å². The molecule has 3 rings (SSSR count). The molecule has 0 saturated carbocycles. The fourth-order valence-electron chi connectivity index (χ4n) is 2.39. The number of fused-ring (bicyclic) bond motifs is 1. The van der Waals surface area contributed by atoms with Gasteiger partial charge < -0.3 is 0 Å². The van der Waals surface area contributed by atoms with Gasteiger partial charge in [0.25, 0.3) is 5.91 Å². The molecule has 1 unspecified atom stereocenters. The second kappa shape index (κ2) is 5.06. The van der Waals surface area contributed by atoms with E-state index in [1.54, 1.807) is 17.5 Å². The summed E-state index contributed by atoms with van der Waals surface area (Å²) in [7, 11) is 0. The molecule has 3 nitrogen and oxygen atoms in total. The van der Waals surface area contributed by atoms with Crippen LogP contribution in [0.4, 0.5) is 5.13 Å². The largest absolute Gasteiger partial charge is 0.297 e. The Bertz CT molecular complexity index is 615. The first-order valence-electron chi connectivity index (χ1n) is 6.47. The van der Waals surface area contributed by atoms with E-state index in [-0.39, 0.29) is 5.91 Å². The van der Waals surface area contributed by atoms with Gasteiger partial charge in [0.15, 0.2) is 5.13 Å². The zero-order valence-corrected chi connectivity index (χ0v) is 12.7. The van der Waals surface area contributed by atoms with Crippen molar-refractivity contribution in [2.24, 2.45) is 5.92 Å². The van der Waals surface area contributed by atoms with Gasteiger partial charge in [-0.05, 0) is 43.7 Å². The number of hydrogen-bond donors (Lipinski definition) is 1. The Labute approximate surface area is 120 Å². The number of thiazole rings is 1. The highest BCUT2D eigenvalue weighted by molar-refractivity contribution is 7.16. The molecule has 0 saturated heterocycles. The second-order valence-electron chi connectivity index (χ2n) is 5.14. The predicted octanol–water partition coefficient (Wildman–Crippen LogP) is 3.89. The summed E-state index contributed by atoms with van der Waals surface area (Å²) in [6.45, 7) is 4.26. The summed E-state index contributed by atoms with van der Waals surface area (Å²) < 4.78 is 0. The molecule has 1 aliphatic rings. The van der Waals surface area contributed by atoms with Gasteiger partial charge in [0.2, 0.25) is 0 Å². The molecular weight excluding hydrogens is 276 g/mol. The van der Waals surface area contributed by atoms with Gasteiger partial charge in [0.05, 0.1) is 4.88 Å². The van der Waals surface area contributed by atoms with Crippen molar-refractivity contribution in [3.05, 3.63) is 32.5 Å². The third-order valence-electron chi connectivity index (χ3n) is 3.39. The molecule has 0 aromatic carbocycles. The van der Waals surface area contributed by atoms with E-state index >= 15 is 0 Å². The van der Waals surface area contributed by atoms with Gasteiger partial charge in [0.1, 0.15) is 0 Å². The smallest absolute Gasteiger partial charge is 0.267 e. The Morgan fingerprint density at radius 2 is 2.32 bits per heavy atom. The van der Waals surface area contributed by atoms with Crippen molar-refractivity contribution in [3.63, 3.8) is 0 Å². The van der Waals surface area contributed by atoms with Crippen LogP contribution >= 0.6 is 22.7 Å². The van der Waals surface area contributed by atoms with Crippen molar-refractivity contribution in [2.75, 3.05) is 5.32 Å². The Morgan fingerprint density at radius 3 is 3.05 bits per heavy atom. The molecule has 2 aromatic heterocycles. The van der Waals surface area contributed by atoms with Crippen molar-refractivity contribution in [1.82, 2.24) is 4.98 Å². The van der Waals surface area contributed by atoms with Gasteiger partial charge in [-0.25, -0.2) is 4.98 Å². The minimum atomic E-state index is -0.0265. The van der Waals surface area contributed by atoms with Crippen molar-refractivity contribution in [2.45, 2.75) is 33.1 Å². The average molecular weight is 292 g/mol. The Hall–Kier alpha value is -1.20. The lowest BCUT2D eigenvalue weighted by atomic mass is 9.90. The molecule has 19 heavy (non-hydrogen) atoms. The quantitative estimate of drug-likeness (QED) is 0.912. The molecule has 0 aliphatic heterocycles. The number of amides is 1. The van der Waals surface area contributed by atoms with Crippen LogP contribution in [-0.4, -0.2) is 10.9 Å². The van der Waals surface area contributed by atoms with E-state index in [9.17, 15) is 4.79 Å². The fraction of sp³-hybridized carbons (Fsp3) is 0.429.